The summed E-state index contributed by atoms with van der Waals surface area (Å²) >= 11 is 0. The molecular weight excluding hydrogens is 174 g/mol. The van der Waals surface area contributed by atoms with Crippen molar-refractivity contribution in [1.82, 2.24) is 5.32 Å². The van der Waals surface area contributed by atoms with E-state index in [1.807, 2.05) is 12.3 Å². The van der Waals surface area contributed by atoms with Gasteiger partial charge in [0.05, 0.1) is 12.5 Å². The minimum absolute atomic E-state index is 0.781. The Kier molecular flexibility index (Phi) is 2.09. The molecule has 2 saturated carbocycles. The molecule has 2 aliphatic rings. The molecule has 1 N–H and O–H groups in total. The lowest BCUT2D eigenvalue weighted by Gasteiger charge is -2.22. The number of rotatable bonds is 3. The second kappa shape index (κ2) is 3.43. The van der Waals surface area contributed by atoms with Crippen molar-refractivity contribution >= 4 is 0 Å². The molecule has 0 saturated heterocycles. The van der Waals surface area contributed by atoms with Gasteiger partial charge in [0.25, 0.3) is 0 Å². The van der Waals surface area contributed by atoms with Crippen molar-refractivity contribution in [2.24, 2.45) is 11.8 Å². The van der Waals surface area contributed by atoms with E-state index in [9.17, 15) is 0 Å². The fraction of sp³-hybridized carbons (Fsp3) is 0.667. The van der Waals surface area contributed by atoms with Gasteiger partial charge in [-0.05, 0) is 37.2 Å². The van der Waals surface area contributed by atoms with E-state index in [0.29, 0.717) is 0 Å². The summed E-state index contributed by atoms with van der Waals surface area (Å²) in [6, 6.07) is 2.82. The molecule has 0 aliphatic heterocycles. The highest BCUT2D eigenvalue weighted by Gasteiger charge is 2.38. The summed E-state index contributed by atoms with van der Waals surface area (Å²) in [7, 11) is 0. The Balaban J connectivity index is 1.54. The summed E-state index contributed by atoms with van der Waals surface area (Å²) in [6.45, 7) is 0.977. The summed E-state index contributed by atoms with van der Waals surface area (Å²) in [5.74, 6) is 1.99. The van der Waals surface area contributed by atoms with Crippen molar-refractivity contribution in [3.8, 4) is 0 Å². The average Bonchev–Trinajstić information content (AvgIpc) is 2.91. The van der Waals surface area contributed by atoms with E-state index in [1.54, 1.807) is 6.26 Å². The summed E-state index contributed by atoms with van der Waals surface area (Å²) in [4.78, 5) is 0. The molecule has 1 aromatic heterocycles. The Labute approximate surface area is 84.7 Å². The van der Waals surface area contributed by atoms with Crippen LogP contribution in [0.15, 0.2) is 23.0 Å². The first kappa shape index (κ1) is 8.54. The van der Waals surface area contributed by atoms with Gasteiger partial charge < -0.3 is 9.73 Å². The molecule has 0 amide bonds. The predicted octanol–water partition coefficient (Wildman–Crippen LogP) is 2.56. The van der Waals surface area contributed by atoms with E-state index >= 15 is 0 Å². The molecule has 2 fully saturated rings. The van der Waals surface area contributed by atoms with E-state index < -0.39 is 0 Å². The Hall–Kier alpha value is -0.760. The second-order valence-corrected chi connectivity index (χ2v) is 4.79. The third-order valence-electron chi connectivity index (χ3n) is 3.89. The highest BCUT2D eigenvalue weighted by atomic mass is 16.3. The van der Waals surface area contributed by atoms with Gasteiger partial charge in [-0.15, -0.1) is 0 Å². The first-order chi connectivity index (χ1) is 6.92. The van der Waals surface area contributed by atoms with Crippen LogP contribution in [-0.2, 0) is 6.54 Å². The average molecular weight is 191 g/mol. The molecule has 2 nitrogen and oxygen atoms in total. The molecule has 2 heteroatoms. The lowest BCUT2D eigenvalue weighted by Crippen LogP contribution is -2.33. The Morgan fingerprint density at radius 3 is 3.00 bits per heavy atom. The topological polar surface area (TPSA) is 25.2 Å². The van der Waals surface area contributed by atoms with Gasteiger partial charge >= 0.3 is 0 Å². The van der Waals surface area contributed by atoms with Gasteiger partial charge in [-0.1, -0.05) is 6.42 Å². The summed E-state index contributed by atoms with van der Waals surface area (Å²) in [6.07, 6.45) is 9.39. The molecule has 3 unspecified atom stereocenters. The fourth-order valence-electron chi connectivity index (χ4n) is 3.14. The summed E-state index contributed by atoms with van der Waals surface area (Å²) < 4.78 is 5.05. The first-order valence-electron chi connectivity index (χ1n) is 5.66. The third-order valence-corrected chi connectivity index (χ3v) is 3.89. The highest BCUT2D eigenvalue weighted by Crippen LogP contribution is 2.44. The van der Waals surface area contributed by atoms with Crippen molar-refractivity contribution in [2.75, 3.05) is 0 Å². The standard InChI is InChI=1S/C12H17NO/c1-2-11-5-9(1)6-12(11)13-7-10-3-4-14-8-10/h3-4,8-9,11-13H,1-2,5-7H2. The van der Waals surface area contributed by atoms with E-state index in [2.05, 4.69) is 5.32 Å². The lowest BCUT2D eigenvalue weighted by molar-refractivity contribution is 0.350. The Morgan fingerprint density at radius 1 is 1.36 bits per heavy atom. The van der Waals surface area contributed by atoms with Crippen LogP contribution >= 0.6 is 0 Å². The van der Waals surface area contributed by atoms with Crippen LogP contribution in [0.2, 0.25) is 0 Å². The predicted molar refractivity (Wildman–Crippen MR) is 54.8 cm³/mol. The lowest BCUT2D eigenvalue weighted by atomic mass is 9.95. The minimum Gasteiger partial charge on any atom is -0.472 e. The van der Waals surface area contributed by atoms with Crippen molar-refractivity contribution in [3.63, 3.8) is 0 Å². The first-order valence-corrected chi connectivity index (χ1v) is 5.66. The van der Waals surface area contributed by atoms with Crippen LogP contribution in [0.25, 0.3) is 0 Å². The molecule has 3 atom stereocenters. The van der Waals surface area contributed by atoms with Crippen LogP contribution in [0.5, 0.6) is 0 Å². The molecular formula is C12H17NO. The number of nitrogens with one attached hydrogen (secondary N) is 1. The number of hydrogen-bond donors (Lipinski definition) is 1. The van der Waals surface area contributed by atoms with Gasteiger partial charge in [0.2, 0.25) is 0 Å². The molecule has 14 heavy (non-hydrogen) atoms. The van der Waals surface area contributed by atoms with Crippen LogP contribution in [0.4, 0.5) is 0 Å². The van der Waals surface area contributed by atoms with E-state index in [1.165, 1.54) is 31.2 Å². The maximum absolute atomic E-state index is 5.05. The second-order valence-electron chi connectivity index (χ2n) is 4.79. The Morgan fingerprint density at radius 2 is 2.36 bits per heavy atom. The summed E-state index contributed by atoms with van der Waals surface area (Å²) in [5.41, 5.74) is 1.27. The van der Waals surface area contributed by atoms with Crippen LogP contribution in [0.1, 0.15) is 31.2 Å². The quantitative estimate of drug-likeness (QED) is 0.794. The molecule has 2 aliphatic carbocycles. The molecule has 0 spiro atoms. The zero-order valence-electron chi connectivity index (χ0n) is 8.41. The van der Waals surface area contributed by atoms with Gasteiger partial charge in [0, 0.05) is 18.2 Å². The SMILES string of the molecule is c1cc(CNC2CC3CCC2C3)co1. The zero-order chi connectivity index (χ0) is 9.38. The van der Waals surface area contributed by atoms with Crippen molar-refractivity contribution in [3.05, 3.63) is 24.2 Å². The molecule has 76 valence electrons. The van der Waals surface area contributed by atoms with Crippen LogP contribution in [0, 0.1) is 11.8 Å². The number of fused-ring (bicyclic) bond motifs is 2. The molecule has 3 rings (SSSR count). The van der Waals surface area contributed by atoms with Crippen LogP contribution in [0.3, 0.4) is 0 Å². The number of furan rings is 1. The van der Waals surface area contributed by atoms with Crippen molar-refractivity contribution in [1.29, 1.82) is 0 Å². The zero-order valence-corrected chi connectivity index (χ0v) is 8.41. The molecule has 0 aromatic carbocycles. The van der Waals surface area contributed by atoms with Crippen LogP contribution in [-0.4, -0.2) is 6.04 Å². The summed E-state index contributed by atoms with van der Waals surface area (Å²) in [5, 5.41) is 3.66. The monoisotopic (exact) mass is 191 g/mol. The molecule has 1 aromatic rings. The van der Waals surface area contributed by atoms with Gasteiger partial charge in [-0.2, -0.15) is 0 Å². The maximum Gasteiger partial charge on any atom is 0.0947 e. The maximum atomic E-state index is 5.05. The van der Waals surface area contributed by atoms with Gasteiger partial charge in [0.15, 0.2) is 0 Å². The van der Waals surface area contributed by atoms with Gasteiger partial charge in [-0.25, -0.2) is 0 Å². The number of hydrogen-bond acceptors (Lipinski definition) is 2. The van der Waals surface area contributed by atoms with Crippen molar-refractivity contribution < 1.29 is 4.42 Å². The van der Waals surface area contributed by atoms with Crippen LogP contribution < -0.4 is 5.32 Å². The smallest absolute Gasteiger partial charge is 0.0947 e. The van der Waals surface area contributed by atoms with Gasteiger partial charge in [0.1, 0.15) is 0 Å². The normalized spacial score (nSPS) is 35.3. The molecule has 0 radical (unpaired) electrons. The minimum atomic E-state index is 0.781. The van der Waals surface area contributed by atoms with Gasteiger partial charge in [-0.3, -0.25) is 0 Å². The van der Waals surface area contributed by atoms with E-state index in [-0.39, 0.29) is 0 Å². The highest BCUT2D eigenvalue weighted by molar-refractivity contribution is 5.05. The largest absolute Gasteiger partial charge is 0.472 e. The van der Waals surface area contributed by atoms with E-state index in [4.69, 9.17) is 4.42 Å². The molecule has 2 bridgehead atoms. The van der Waals surface area contributed by atoms with Crippen molar-refractivity contribution in [2.45, 2.75) is 38.3 Å². The molecule has 1 heterocycles. The van der Waals surface area contributed by atoms with E-state index in [0.717, 1.165) is 24.4 Å². The third kappa shape index (κ3) is 1.48. The Bertz CT molecular complexity index is 293. The fourth-order valence-corrected chi connectivity index (χ4v) is 3.14.